The minimum Gasteiger partial charge on any atom is -0.324 e. The molecule has 0 spiro atoms. The monoisotopic (exact) mass is 562 g/mol. The minimum absolute atomic E-state index is 0.0377. The zero-order valence-electron chi connectivity index (χ0n) is 23.1. The van der Waals surface area contributed by atoms with Gasteiger partial charge in [-0.15, -0.1) is 11.8 Å². The highest BCUT2D eigenvalue weighted by Gasteiger charge is 2.32. The highest BCUT2D eigenvalue weighted by atomic mass is 32.2. The molecule has 0 amide bonds. The van der Waals surface area contributed by atoms with Gasteiger partial charge in [0.25, 0.3) is 0 Å². The molecule has 0 saturated carbocycles. The van der Waals surface area contributed by atoms with Gasteiger partial charge in [0.15, 0.2) is 5.78 Å². The van der Waals surface area contributed by atoms with Crippen LogP contribution in [0.25, 0.3) is 11.6 Å². The molecule has 1 aromatic rings. The molecule has 0 saturated heterocycles. The molecule has 10 heteroatoms. The average Bonchev–Trinajstić information content (AvgIpc) is 3.15. The van der Waals surface area contributed by atoms with Crippen LogP contribution in [0.4, 0.5) is 26.3 Å². The maximum absolute atomic E-state index is 13.1. The standard InChI is InChI=1S/C26H30F6N2OS.C2H6/c1-8-19(12-11-13-20(9-2)26(30,31)32)15-22(36-10-3)17(5)24-33-21(14-16(4)25(27,28)29)23(18(6)35)34(24)7;1-2/h8-9,11,13-15H,1,10,12H2,2-7H3;1-2H3/b13-11-,16-14+,19-15+,20-9+,22-17-;. The molecule has 1 heterocycles. The Morgan fingerprint density at radius 3 is 2.08 bits per heavy atom. The third-order valence-electron chi connectivity index (χ3n) is 5.13. The SMILES string of the molecule is C=C/C(=C\C(SCC)=C(/C)c1nc(/C=C(\C)C(F)(F)F)c(C(C)=O)n1C)C/C=C\C(=C/C)C(F)(F)F.CC. The number of Topliss-reactive ketones (excluding diaryl/α,β-unsaturated/α-hetero) is 1. The van der Waals surface area contributed by atoms with E-state index in [1.54, 1.807) is 20.0 Å². The lowest BCUT2D eigenvalue weighted by Gasteiger charge is -2.10. The van der Waals surface area contributed by atoms with Crippen molar-refractivity contribution in [2.24, 2.45) is 7.05 Å². The molecular formula is C28H36F6N2OS. The molecule has 0 aliphatic heterocycles. The van der Waals surface area contributed by atoms with Crippen molar-refractivity contribution in [3.8, 4) is 0 Å². The third-order valence-corrected chi connectivity index (χ3v) is 6.15. The normalized spacial score (nSPS) is 14.3. The van der Waals surface area contributed by atoms with Crippen molar-refractivity contribution in [2.75, 3.05) is 5.75 Å². The fraction of sp³-hybridized carbons (Fsp3) is 0.429. The number of carbonyl (C=O) groups excluding carboxylic acids is 1. The van der Waals surface area contributed by atoms with Gasteiger partial charge >= 0.3 is 12.4 Å². The van der Waals surface area contributed by atoms with Crippen molar-refractivity contribution in [3.05, 3.63) is 75.8 Å². The lowest BCUT2D eigenvalue weighted by Crippen LogP contribution is -2.09. The van der Waals surface area contributed by atoms with E-state index in [-0.39, 0.29) is 17.8 Å². The Hall–Kier alpha value is -2.75. The van der Waals surface area contributed by atoms with Crippen LogP contribution in [0.3, 0.4) is 0 Å². The Labute approximate surface area is 225 Å². The molecule has 38 heavy (non-hydrogen) atoms. The number of hydrogen-bond donors (Lipinski definition) is 0. The Morgan fingerprint density at radius 2 is 1.66 bits per heavy atom. The number of halogens is 6. The summed E-state index contributed by atoms with van der Waals surface area (Å²) in [5, 5.41) is 0. The Bertz CT molecular complexity index is 1130. The molecule has 0 N–H and O–H groups in total. The number of alkyl halides is 6. The number of imidazole rings is 1. The van der Waals surface area contributed by atoms with E-state index in [2.05, 4.69) is 11.6 Å². The lowest BCUT2D eigenvalue weighted by atomic mass is 10.1. The molecule has 3 nitrogen and oxygen atoms in total. The quantitative estimate of drug-likeness (QED) is 0.162. The maximum Gasteiger partial charge on any atom is 0.416 e. The van der Waals surface area contributed by atoms with Crippen LogP contribution in [0.15, 0.2) is 58.6 Å². The zero-order valence-corrected chi connectivity index (χ0v) is 23.9. The fourth-order valence-corrected chi connectivity index (χ4v) is 4.08. The second kappa shape index (κ2) is 15.6. The Kier molecular flexibility index (Phi) is 14.5. The third kappa shape index (κ3) is 10.2. The van der Waals surface area contributed by atoms with Crippen molar-refractivity contribution < 1.29 is 31.1 Å². The molecule has 0 radical (unpaired) electrons. The van der Waals surface area contributed by atoms with Gasteiger partial charge in [-0.3, -0.25) is 4.79 Å². The highest BCUT2D eigenvalue weighted by molar-refractivity contribution is 8.03. The summed E-state index contributed by atoms with van der Waals surface area (Å²) in [6.45, 7) is 14.8. The number of aromatic nitrogens is 2. The molecule has 0 aliphatic carbocycles. The van der Waals surface area contributed by atoms with Gasteiger partial charge in [0.2, 0.25) is 0 Å². The van der Waals surface area contributed by atoms with Crippen molar-refractivity contribution in [1.29, 1.82) is 0 Å². The van der Waals surface area contributed by atoms with Crippen molar-refractivity contribution >= 4 is 29.2 Å². The molecule has 212 valence electrons. The van der Waals surface area contributed by atoms with E-state index >= 15 is 0 Å². The van der Waals surface area contributed by atoms with E-state index in [9.17, 15) is 31.1 Å². The van der Waals surface area contributed by atoms with Gasteiger partial charge in [-0.05, 0) is 50.7 Å². The number of carbonyl (C=O) groups is 1. The van der Waals surface area contributed by atoms with Gasteiger partial charge in [-0.25, -0.2) is 4.98 Å². The van der Waals surface area contributed by atoms with Crippen LogP contribution < -0.4 is 0 Å². The number of ketones is 1. The smallest absolute Gasteiger partial charge is 0.324 e. The van der Waals surface area contributed by atoms with Crippen molar-refractivity contribution in [1.82, 2.24) is 9.55 Å². The van der Waals surface area contributed by atoms with Gasteiger partial charge in [0.1, 0.15) is 11.5 Å². The predicted molar refractivity (Wildman–Crippen MR) is 147 cm³/mol. The van der Waals surface area contributed by atoms with E-state index in [0.29, 0.717) is 27.6 Å². The van der Waals surface area contributed by atoms with Crippen molar-refractivity contribution in [3.63, 3.8) is 0 Å². The number of allylic oxidation sites excluding steroid dienone is 9. The largest absolute Gasteiger partial charge is 0.416 e. The molecule has 0 atom stereocenters. The van der Waals surface area contributed by atoms with Gasteiger partial charge < -0.3 is 4.57 Å². The number of thioether (sulfide) groups is 1. The van der Waals surface area contributed by atoms with Crippen LogP contribution in [-0.2, 0) is 7.05 Å². The van der Waals surface area contributed by atoms with E-state index in [4.69, 9.17) is 0 Å². The molecule has 1 aromatic heterocycles. The van der Waals surface area contributed by atoms with Crippen LogP contribution in [0.1, 0.15) is 76.9 Å². The molecule has 0 aromatic carbocycles. The zero-order chi connectivity index (χ0) is 29.8. The van der Waals surface area contributed by atoms with Crippen LogP contribution in [0.5, 0.6) is 0 Å². The first-order valence-corrected chi connectivity index (χ1v) is 13.0. The van der Waals surface area contributed by atoms with Crippen LogP contribution >= 0.6 is 11.8 Å². The van der Waals surface area contributed by atoms with Crippen LogP contribution in [0, 0.1) is 0 Å². The maximum atomic E-state index is 13.1. The second-order valence-corrected chi connectivity index (χ2v) is 9.11. The summed E-state index contributed by atoms with van der Waals surface area (Å²) in [5.41, 5.74) is -0.468. The van der Waals surface area contributed by atoms with E-state index in [0.717, 1.165) is 25.2 Å². The molecular weight excluding hydrogens is 526 g/mol. The summed E-state index contributed by atoms with van der Waals surface area (Å²) >= 11 is 1.43. The summed E-state index contributed by atoms with van der Waals surface area (Å²) in [6.07, 6.45) is -1.35. The Balaban J connectivity index is 0.00000667. The summed E-state index contributed by atoms with van der Waals surface area (Å²) in [4.78, 5) is 17.3. The van der Waals surface area contributed by atoms with Gasteiger partial charge in [-0.2, -0.15) is 26.3 Å². The first-order chi connectivity index (χ1) is 17.6. The summed E-state index contributed by atoms with van der Waals surface area (Å²) in [7, 11) is 1.55. The number of nitrogens with zero attached hydrogens (tertiary/aromatic N) is 2. The summed E-state index contributed by atoms with van der Waals surface area (Å²) in [6, 6.07) is 0. The lowest BCUT2D eigenvalue weighted by molar-refractivity contribution is -0.0907. The summed E-state index contributed by atoms with van der Waals surface area (Å²) < 4.78 is 79.6. The minimum atomic E-state index is -4.56. The van der Waals surface area contributed by atoms with Crippen LogP contribution in [-0.4, -0.2) is 33.4 Å². The predicted octanol–water partition coefficient (Wildman–Crippen LogP) is 9.67. The van der Waals surface area contributed by atoms with Crippen LogP contribution in [0.2, 0.25) is 0 Å². The number of rotatable bonds is 10. The molecule has 1 rings (SSSR count). The topological polar surface area (TPSA) is 34.9 Å². The first-order valence-electron chi connectivity index (χ1n) is 12.0. The molecule has 0 unspecified atom stereocenters. The summed E-state index contributed by atoms with van der Waals surface area (Å²) in [5.74, 6) is 0.511. The Morgan fingerprint density at radius 1 is 1.08 bits per heavy atom. The average molecular weight is 563 g/mol. The van der Waals surface area contributed by atoms with Crippen molar-refractivity contribution in [2.45, 2.75) is 67.2 Å². The van der Waals surface area contributed by atoms with Gasteiger partial charge in [0, 0.05) is 30.0 Å². The highest BCUT2D eigenvalue weighted by Crippen LogP contribution is 2.32. The van der Waals surface area contributed by atoms with E-state index < -0.39 is 29.3 Å². The first kappa shape index (κ1) is 35.2. The van der Waals surface area contributed by atoms with Gasteiger partial charge in [0.05, 0.1) is 11.3 Å². The number of hydrogen-bond acceptors (Lipinski definition) is 3. The molecule has 0 aliphatic rings. The fourth-order valence-electron chi connectivity index (χ4n) is 3.23. The molecule has 0 fully saturated rings. The van der Waals surface area contributed by atoms with Gasteiger partial charge in [-0.1, -0.05) is 51.7 Å². The molecule has 0 bridgehead atoms. The van der Waals surface area contributed by atoms with E-state index in [1.165, 1.54) is 42.3 Å². The van der Waals surface area contributed by atoms with E-state index in [1.807, 2.05) is 20.8 Å². The second-order valence-electron chi connectivity index (χ2n) is 7.80.